The fourth-order valence-corrected chi connectivity index (χ4v) is 4.53. The molecule has 0 aliphatic carbocycles. The third-order valence-corrected chi connectivity index (χ3v) is 5.83. The zero-order valence-electron chi connectivity index (χ0n) is 16.7. The summed E-state index contributed by atoms with van der Waals surface area (Å²) in [6.45, 7) is 10.1. The number of aliphatic carboxylic acids is 1. The molecule has 1 amide bonds. The molecule has 152 valence electrons. The number of piperidine rings is 1. The third-order valence-electron chi connectivity index (χ3n) is 5.83. The van der Waals surface area contributed by atoms with Gasteiger partial charge in [0.1, 0.15) is 0 Å². The van der Waals surface area contributed by atoms with E-state index in [4.69, 9.17) is 5.11 Å². The number of amides is 1. The lowest BCUT2D eigenvalue weighted by atomic mass is 9.91. The summed E-state index contributed by atoms with van der Waals surface area (Å²) in [6.07, 6.45) is 4.14. The van der Waals surface area contributed by atoms with E-state index in [-0.39, 0.29) is 30.9 Å². The molecule has 7 heteroatoms. The molecule has 0 bridgehead atoms. The van der Waals surface area contributed by atoms with Gasteiger partial charge in [-0.05, 0) is 58.0 Å². The minimum absolute atomic E-state index is 0. The highest BCUT2D eigenvalue weighted by molar-refractivity contribution is 5.85. The molecule has 0 aromatic carbocycles. The number of carboxylic acids is 1. The zero-order valence-corrected chi connectivity index (χ0v) is 17.5. The maximum absolute atomic E-state index is 13.0. The maximum atomic E-state index is 13.0. The van der Waals surface area contributed by atoms with Gasteiger partial charge in [-0.2, -0.15) is 0 Å². The molecule has 1 N–H and O–H groups in total. The highest BCUT2D eigenvalue weighted by Gasteiger charge is 2.32. The summed E-state index contributed by atoms with van der Waals surface area (Å²) in [5.74, 6) is 0.646. The number of likely N-dealkylation sites (N-methyl/N-ethyl adjacent to an activating group) is 1. The molecule has 4 atom stereocenters. The number of hydrogen-bond donors (Lipinski definition) is 1. The number of carbonyl (C=O) groups excluding carboxylic acids is 1. The van der Waals surface area contributed by atoms with Crippen molar-refractivity contribution in [2.75, 3.05) is 39.8 Å². The standard InChI is InChI=1S/C19H35N3O3.ClH/c1-14-10-15(2)12-22(11-14)19(25)16(3)21-8-5-6-17(7-9-21)20(4)13-18(23)24;/h14-17H,5-13H2,1-4H3,(H,23,24);1H. The fraction of sp³-hybridized carbons (Fsp3) is 0.895. The highest BCUT2D eigenvalue weighted by Crippen LogP contribution is 2.23. The second-order valence-electron chi connectivity index (χ2n) is 8.29. The van der Waals surface area contributed by atoms with Gasteiger partial charge in [0.15, 0.2) is 0 Å². The molecule has 2 aliphatic rings. The van der Waals surface area contributed by atoms with Crippen molar-refractivity contribution in [3.05, 3.63) is 0 Å². The van der Waals surface area contributed by atoms with Crippen LogP contribution < -0.4 is 0 Å². The van der Waals surface area contributed by atoms with Crippen molar-refractivity contribution in [2.45, 2.75) is 58.5 Å². The molecule has 2 fully saturated rings. The Balaban J connectivity index is 0.00000338. The number of nitrogens with zero attached hydrogens (tertiary/aromatic N) is 3. The topological polar surface area (TPSA) is 64.1 Å². The van der Waals surface area contributed by atoms with Crippen LogP contribution in [0.2, 0.25) is 0 Å². The van der Waals surface area contributed by atoms with Crippen molar-refractivity contribution < 1.29 is 14.7 Å². The van der Waals surface area contributed by atoms with Crippen LogP contribution in [-0.4, -0.2) is 83.5 Å². The average Bonchev–Trinajstić information content (AvgIpc) is 2.78. The maximum Gasteiger partial charge on any atom is 0.317 e. The van der Waals surface area contributed by atoms with Crippen LogP contribution in [0.5, 0.6) is 0 Å². The Kier molecular flexibility index (Phi) is 9.34. The molecule has 0 saturated carbocycles. The minimum atomic E-state index is -0.777. The predicted molar refractivity (Wildman–Crippen MR) is 106 cm³/mol. The number of hydrogen-bond acceptors (Lipinski definition) is 4. The van der Waals surface area contributed by atoms with Crippen LogP contribution in [0.3, 0.4) is 0 Å². The van der Waals surface area contributed by atoms with Gasteiger partial charge in [-0.15, -0.1) is 12.4 Å². The van der Waals surface area contributed by atoms with Crippen LogP contribution in [0.15, 0.2) is 0 Å². The predicted octanol–water partition coefficient (Wildman–Crippen LogP) is 2.17. The number of carboxylic acid groups (broad SMARTS) is 1. The van der Waals surface area contributed by atoms with Gasteiger partial charge >= 0.3 is 5.97 Å². The monoisotopic (exact) mass is 389 g/mol. The van der Waals surface area contributed by atoms with Crippen molar-refractivity contribution in [3.63, 3.8) is 0 Å². The van der Waals surface area contributed by atoms with Gasteiger partial charge in [-0.25, -0.2) is 0 Å². The highest BCUT2D eigenvalue weighted by atomic mass is 35.5. The lowest BCUT2D eigenvalue weighted by molar-refractivity contribution is -0.139. The Bertz CT molecular complexity index is 467. The van der Waals surface area contributed by atoms with Gasteiger partial charge in [0.25, 0.3) is 0 Å². The molecule has 2 saturated heterocycles. The van der Waals surface area contributed by atoms with E-state index in [1.54, 1.807) is 0 Å². The fourth-order valence-electron chi connectivity index (χ4n) is 4.53. The summed E-state index contributed by atoms with van der Waals surface area (Å²) in [5.41, 5.74) is 0. The summed E-state index contributed by atoms with van der Waals surface area (Å²) >= 11 is 0. The zero-order chi connectivity index (χ0) is 18.6. The molecule has 0 aromatic heterocycles. The van der Waals surface area contributed by atoms with Crippen LogP contribution in [0, 0.1) is 11.8 Å². The lowest BCUT2D eigenvalue weighted by Gasteiger charge is -2.38. The van der Waals surface area contributed by atoms with Gasteiger partial charge < -0.3 is 10.0 Å². The molecule has 0 aromatic rings. The van der Waals surface area contributed by atoms with Crippen molar-refractivity contribution in [3.8, 4) is 0 Å². The first kappa shape index (κ1) is 23.2. The molecule has 2 heterocycles. The van der Waals surface area contributed by atoms with Crippen LogP contribution in [0.4, 0.5) is 0 Å². The van der Waals surface area contributed by atoms with E-state index in [2.05, 4.69) is 23.6 Å². The van der Waals surface area contributed by atoms with E-state index < -0.39 is 5.97 Å². The quantitative estimate of drug-likeness (QED) is 0.780. The second-order valence-corrected chi connectivity index (χ2v) is 8.29. The van der Waals surface area contributed by atoms with Crippen molar-refractivity contribution in [1.82, 2.24) is 14.7 Å². The Labute approximate surface area is 164 Å². The summed E-state index contributed by atoms with van der Waals surface area (Å²) in [7, 11) is 1.89. The Morgan fingerprint density at radius 1 is 1.15 bits per heavy atom. The van der Waals surface area contributed by atoms with Gasteiger partial charge in [0.05, 0.1) is 12.6 Å². The normalized spacial score (nSPS) is 29.0. The van der Waals surface area contributed by atoms with Crippen LogP contribution in [0.25, 0.3) is 0 Å². The van der Waals surface area contributed by atoms with E-state index in [0.717, 1.165) is 45.4 Å². The van der Waals surface area contributed by atoms with Gasteiger partial charge in [-0.3, -0.25) is 19.4 Å². The van der Waals surface area contributed by atoms with Crippen molar-refractivity contribution in [2.24, 2.45) is 11.8 Å². The third kappa shape index (κ3) is 6.39. The first-order chi connectivity index (χ1) is 11.8. The number of likely N-dealkylation sites (tertiary alicyclic amines) is 2. The Hall–Kier alpha value is -0.850. The molecule has 0 spiro atoms. The Morgan fingerprint density at radius 3 is 2.35 bits per heavy atom. The van der Waals surface area contributed by atoms with Gasteiger partial charge in [-0.1, -0.05) is 13.8 Å². The molecule has 6 nitrogen and oxygen atoms in total. The van der Waals surface area contributed by atoms with E-state index in [0.29, 0.717) is 17.9 Å². The van der Waals surface area contributed by atoms with E-state index in [9.17, 15) is 9.59 Å². The number of halogens is 1. The van der Waals surface area contributed by atoms with Crippen molar-refractivity contribution in [1.29, 1.82) is 0 Å². The number of carbonyl (C=O) groups is 2. The molecular formula is C19H36ClN3O3. The summed E-state index contributed by atoms with van der Waals surface area (Å²) in [5, 5.41) is 8.98. The molecule has 2 aliphatic heterocycles. The first-order valence-electron chi connectivity index (χ1n) is 9.72. The number of rotatable bonds is 5. The smallest absolute Gasteiger partial charge is 0.317 e. The van der Waals surface area contributed by atoms with E-state index in [1.165, 1.54) is 6.42 Å². The molecular weight excluding hydrogens is 354 g/mol. The van der Waals surface area contributed by atoms with Crippen LogP contribution in [0.1, 0.15) is 46.5 Å². The summed E-state index contributed by atoms with van der Waals surface area (Å²) in [6, 6.07) is 0.208. The SMILES string of the molecule is CC1CC(C)CN(C(=O)C(C)N2CCCC(N(C)CC(=O)O)CC2)C1.Cl. The molecule has 4 unspecified atom stereocenters. The van der Waals surface area contributed by atoms with Gasteiger partial charge in [0.2, 0.25) is 5.91 Å². The second kappa shape index (κ2) is 10.5. The van der Waals surface area contributed by atoms with Gasteiger partial charge in [0, 0.05) is 25.7 Å². The van der Waals surface area contributed by atoms with Crippen molar-refractivity contribution >= 4 is 24.3 Å². The van der Waals surface area contributed by atoms with E-state index >= 15 is 0 Å². The molecule has 2 rings (SSSR count). The van der Waals surface area contributed by atoms with Crippen LogP contribution >= 0.6 is 12.4 Å². The lowest BCUT2D eigenvalue weighted by Crippen LogP contribution is -2.51. The van der Waals surface area contributed by atoms with E-state index in [1.807, 2.05) is 18.9 Å². The minimum Gasteiger partial charge on any atom is -0.480 e. The Morgan fingerprint density at radius 2 is 1.77 bits per heavy atom. The van der Waals surface area contributed by atoms with Crippen LogP contribution in [-0.2, 0) is 9.59 Å². The summed E-state index contributed by atoms with van der Waals surface area (Å²) < 4.78 is 0. The summed E-state index contributed by atoms with van der Waals surface area (Å²) in [4.78, 5) is 30.2. The molecule has 0 radical (unpaired) electrons. The molecule has 26 heavy (non-hydrogen) atoms. The average molecular weight is 390 g/mol. The first-order valence-corrected chi connectivity index (χ1v) is 9.72. The largest absolute Gasteiger partial charge is 0.480 e.